The van der Waals surface area contributed by atoms with Crippen LogP contribution in [0.3, 0.4) is 0 Å². The molecule has 4 rings (SSSR count). The Balaban J connectivity index is 1.81. The van der Waals surface area contributed by atoms with Crippen LogP contribution >= 0.6 is 15.9 Å². The van der Waals surface area contributed by atoms with Crippen molar-refractivity contribution in [2.45, 2.75) is 0 Å². The minimum absolute atomic E-state index is 0.779. The molecule has 3 aromatic carbocycles. The van der Waals surface area contributed by atoms with Gasteiger partial charge in [-0.1, -0.05) is 72.8 Å². The van der Waals surface area contributed by atoms with Crippen LogP contribution in [-0.4, -0.2) is 0 Å². The molecule has 22 heavy (non-hydrogen) atoms. The fourth-order valence-electron chi connectivity index (χ4n) is 2.74. The lowest BCUT2D eigenvalue weighted by Gasteiger charge is -2.04. The quantitative estimate of drug-likeness (QED) is 0.401. The van der Waals surface area contributed by atoms with Crippen LogP contribution in [0.15, 0.2) is 87.9 Å². The predicted octanol–water partition coefficient (Wildman–Crippen LogP) is 6.53. The van der Waals surface area contributed by atoms with Gasteiger partial charge >= 0.3 is 0 Å². The topological polar surface area (TPSA) is 13.1 Å². The summed E-state index contributed by atoms with van der Waals surface area (Å²) in [7, 11) is 0. The number of rotatable bonds is 2. The van der Waals surface area contributed by atoms with Crippen molar-refractivity contribution < 1.29 is 4.42 Å². The maximum atomic E-state index is 5.78. The van der Waals surface area contributed by atoms with Crippen molar-refractivity contribution in [2.24, 2.45) is 0 Å². The Morgan fingerprint density at radius 2 is 1.18 bits per heavy atom. The molecule has 0 aliphatic carbocycles. The first-order valence-electron chi connectivity index (χ1n) is 7.16. The molecule has 0 spiro atoms. The molecule has 4 aromatic rings. The molecule has 1 nitrogen and oxygen atoms in total. The van der Waals surface area contributed by atoms with Crippen LogP contribution in [0.5, 0.6) is 0 Å². The van der Waals surface area contributed by atoms with Crippen molar-refractivity contribution in [1.29, 1.82) is 0 Å². The second-order valence-electron chi connectivity index (χ2n) is 5.19. The van der Waals surface area contributed by atoms with E-state index >= 15 is 0 Å². The highest BCUT2D eigenvalue weighted by molar-refractivity contribution is 9.10. The number of hydrogen-bond acceptors (Lipinski definition) is 1. The zero-order valence-electron chi connectivity index (χ0n) is 11.8. The fraction of sp³-hybridized carbons (Fsp3) is 0. The molecule has 0 radical (unpaired) electrons. The van der Waals surface area contributed by atoms with E-state index in [-0.39, 0.29) is 0 Å². The third kappa shape index (κ3) is 2.26. The van der Waals surface area contributed by atoms with Crippen molar-refractivity contribution in [3.05, 3.63) is 83.5 Å². The van der Waals surface area contributed by atoms with Gasteiger partial charge in [0.25, 0.3) is 0 Å². The van der Waals surface area contributed by atoms with Crippen LogP contribution in [0, 0.1) is 0 Å². The van der Waals surface area contributed by atoms with Gasteiger partial charge in [0.2, 0.25) is 0 Å². The van der Waals surface area contributed by atoms with E-state index in [0.717, 1.165) is 26.8 Å². The molecular weight excluding hydrogens is 336 g/mol. The van der Waals surface area contributed by atoms with Gasteiger partial charge in [0.1, 0.15) is 5.58 Å². The molecule has 0 amide bonds. The van der Waals surface area contributed by atoms with Crippen LogP contribution in [0.4, 0.5) is 0 Å². The van der Waals surface area contributed by atoms with E-state index in [1.807, 2.05) is 24.3 Å². The Labute approximate surface area is 137 Å². The average molecular weight is 349 g/mol. The van der Waals surface area contributed by atoms with Crippen LogP contribution in [0.2, 0.25) is 0 Å². The molecule has 0 bridgehead atoms. The number of hydrogen-bond donors (Lipinski definition) is 0. The summed E-state index contributed by atoms with van der Waals surface area (Å²) in [4.78, 5) is 0. The Bertz CT molecular complexity index is 921. The van der Waals surface area contributed by atoms with Gasteiger partial charge in [0, 0.05) is 10.9 Å². The van der Waals surface area contributed by atoms with Crippen LogP contribution in [0.25, 0.3) is 33.2 Å². The predicted molar refractivity (Wildman–Crippen MR) is 94.8 cm³/mol. The second kappa shape index (κ2) is 5.47. The summed E-state index contributed by atoms with van der Waals surface area (Å²) in [5.41, 5.74) is 5.60. The maximum absolute atomic E-state index is 5.78. The summed E-state index contributed by atoms with van der Waals surface area (Å²) in [5, 5.41) is 1.13. The number of furan rings is 1. The maximum Gasteiger partial charge on any atom is 0.178 e. The van der Waals surface area contributed by atoms with Gasteiger partial charge in [0.15, 0.2) is 4.67 Å². The Kier molecular flexibility index (Phi) is 3.32. The van der Waals surface area contributed by atoms with Crippen molar-refractivity contribution in [1.82, 2.24) is 0 Å². The van der Waals surface area contributed by atoms with E-state index in [2.05, 4.69) is 70.5 Å². The molecule has 0 aliphatic heterocycles. The third-order valence-corrected chi connectivity index (χ3v) is 4.39. The second-order valence-corrected chi connectivity index (χ2v) is 5.91. The SMILES string of the molecule is Brc1oc2ccccc2c1-c1ccc(-c2ccccc2)cc1. The number of halogens is 1. The van der Waals surface area contributed by atoms with Crippen molar-refractivity contribution in [3.63, 3.8) is 0 Å². The van der Waals surface area contributed by atoms with Crippen molar-refractivity contribution in [3.8, 4) is 22.3 Å². The van der Waals surface area contributed by atoms with Gasteiger partial charge in [0.05, 0.1) is 0 Å². The molecule has 0 unspecified atom stereocenters. The van der Waals surface area contributed by atoms with Crippen molar-refractivity contribution >= 4 is 26.9 Å². The third-order valence-electron chi connectivity index (χ3n) is 3.83. The largest absolute Gasteiger partial charge is 0.449 e. The normalized spacial score (nSPS) is 11.0. The van der Waals surface area contributed by atoms with Gasteiger partial charge in [-0.2, -0.15) is 0 Å². The molecule has 0 saturated carbocycles. The lowest BCUT2D eigenvalue weighted by molar-refractivity contribution is 0.589. The number of benzene rings is 3. The first-order valence-corrected chi connectivity index (χ1v) is 7.95. The van der Waals surface area contributed by atoms with Gasteiger partial charge < -0.3 is 4.42 Å². The molecule has 1 aromatic heterocycles. The number of para-hydroxylation sites is 1. The van der Waals surface area contributed by atoms with Crippen LogP contribution in [0.1, 0.15) is 0 Å². The zero-order valence-corrected chi connectivity index (χ0v) is 13.4. The Morgan fingerprint density at radius 1 is 0.591 bits per heavy atom. The summed E-state index contributed by atoms with van der Waals surface area (Å²) < 4.78 is 6.56. The van der Waals surface area contributed by atoms with Crippen LogP contribution < -0.4 is 0 Å². The monoisotopic (exact) mass is 348 g/mol. The molecule has 0 N–H and O–H groups in total. The summed E-state index contributed by atoms with van der Waals surface area (Å²) >= 11 is 3.54. The van der Waals surface area contributed by atoms with Gasteiger partial charge in [-0.25, -0.2) is 0 Å². The molecule has 0 atom stereocenters. The highest BCUT2D eigenvalue weighted by atomic mass is 79.9. The van der Waals surface area contributed by atoms with Gasteiger partial charge in [-0.05, 0) is 38.7 Å². The molecule has 0 fully saturated rings. The highest BCUT2D eigenvalue weighted by Crippen LogP contribution is 2.38. The molecular formula is C20H13BrO. The van der Waals surface area contributed by atoms with Gasteiger partial charge in [-0.15, -0.1) is 0 Å². The molecule has 2 heteroatoms. The summed E-state index contributed by atoms with van der Waals surface area (Å²) in [5.74, 6) is 0. The van der Waals surface area contributed by atoms with E-state index in [1.165, 1.54) is 11.1 Å². The summed E-state index contributed by atoms with van der Waals surface area (Å²) in [6.45, 7) is 0. The average Bonchev–Trinajstić information content (AvgIpc) is 2.91. The molecule has 1 heterocycles. The Morgan fingerprint density at radius 3 is 1.95 bits per heavy atom. The molecule has 0 saturated heterocycles. The lowest BCUT2D eigenvalue weighted by atomic mass is 10.00. The smallest absolute Gasteiger partial charge is 0.178 e. The Hall–Kier alpha value is -2.32. The minimum Gasteiger partial charge on any atom is -0.449 e. The lowest BCUT2D eigenvalue weighted by Crippen LogP contribution is -1.80. The summed E-state index contributed by atoms with van der Waals surface area (Å²) in [6.07, 6.45) is 0. The first-order chi connectivity index (χ1) is 10.8. The van der Waals surface area contributed by atoms with E-state index in [1.54, 1.807) is 0 Å². The van der Waals surface area contributed by atoms with E-state index in [4.69, 9.17) is 4.42 Å². The van der Waals surface area contributed by atoms with Crippen molar-refractivity contribution in [2.75, 3.05) is 0 Å². The highest BCUT2D eigenvalue weighted by Gasteiger charge is 2.13. The van der Waals surface area contributed by atoms with E-state index < -0.39 is 0 Å². The van der Waals surface area contributed by atoms with Crippen LogP contribution in [-0.2, 0) is 0 Å². The zero-order chi connectivity index (χ0) is 14.9. The molecule has 106 valence electrons. The standard InChI is InChI=1S/C20H13BrO/c21-20-19(17-8-4-5-9-18(17)22-20)16-12-10-15(11-13-16)14-6-2-1-3-7-14/h1-13H. The van der Waals surface area contributed by atoms with E-state index in [0.29, 0.717) is 0 Å². The fourth-order valence-corrected chi connectivity index (χ4v) is 3.36. The van der Waals surface area contributed by atoms with Gasteiger partial charge in [-0.3, -0.25) is 0 Å². The number of fused-ring (bicyclic) bond motifs is 1. The first kappa shape index (κ1) is 13.4. The van der Waals surface area contributed by atoms with E-state index in [9.17, 15) is 0 Å². The minimum atomic E-state index is 0.779. The molecule has 0 aliphatic rings. The summed E-state index contributed by atoms with van der Waals surface area (Å²) in [6, 6.07) is 27.1.